The summed E-state index contributed by atoms with van der Waals surface area (Å²) in [5.74, 6) is -0.456. The van der Waals surface area contributed by atoms with Gasteiger partial charge in [-0.1, -0.05) is 25.0 Å². The Bertz CT molecular complexity index is 629. The van der Waals surface area contributed by atoms with Crippen LogP contribution in [0.15, 0.2) is 24.3 Å². The number of hydrogen-bond acceptors (Lipinski definition) is 4. The Balaban J connectivity index is 1.99. The van der Waals surface area contributed by atoms with Crippen molar-refractivity contribution in [1.29, 1.82) is 0 Å². The third-order valence-electron chi connectivity index (χ3n) is 4.20. The van der Waals surface area contributed by atoms with Crippen LogP contribution in [0.5, 0.6) is 0 Å². The summed E-state index contributed by atoms with van der Waals surface area (Å²) in [6, 6.07) is 6.85. The van der Waals surface area contributed by atoms with Crippen LogP contribution in [0, 0.1) is 5.92 Å². The molecule has 1 atom stereocenters. The molecule has 6 nitrogen and oxygen atoms in total. The van der Waals surface area contributed by atoms with Gasteiger partial charge in [0.05, 0.1) is 5.75 Å². The van der Waals surface area contributed by atoms with Gasteiger partial charge in [-0.25, -0.2) is 0 Å². The molecule has 1 aromatic carbocycles. The van der Waals surface area contributed by atoms with Gasteiger partial charge in [-0.3, -0.25) is 14.4 Å². The lowest BCUT2D eigenvalue weighted by Gasteiger charge is -2.23. The number of thioether (sulfide) groups is 1. The molecule has 0 saturated heterocycles. The first-order valence-corrected chi connectivity index (χ1v) is 9.57. The number of carbonyl (C=O) groups excluding carboxylic acids is 2. The van der Waals surface area contributed by atoms with Crippen molar-refractivity contribution in [3.05, 3.63) is 29.8 Å². The fraction of sp³-hybridized carbons (Fsp3) is 0.500. The summed E-state index contributed by atoms with van der Waals surface area (Å²) in [5.41, 5.74) is 1.60. The number of benzene rings is 1. The van der Waals surface area contributed by atoms with Crippen molar-refractivity contribution in [2.75, 3.05) is 11.1 Å². The number of carboxylic acids is 1. The third kappa shape index (κ3) is 6.42. The highest BCUT2D eigenvalue weighted by molar-refractivity contribution is 7.99. The third-order valence-corrected chi connectivity index (χ3v) is 5.19. The van der Waals surface area contributed by atoms with E-state index in [9.17, 15) is 14.4 Å². The largest absolute Gasteiger partial charge is 0.481 e. The van der Waals surface area contributed by atoms with Crippen LogP contribution < -0.4 is 10.6 Å². The van der Waals surface area contributed by atoms with Gasteiger partial charge in [-0.05, 0) is 36.5 Å². The number of anilines is 1. The Kier molecular flexibility index (Phi) is 7.31. The zero-order valence-electron chi connectivity index (χ0n) is 14.3. The molecule has 7 heteroatoms. The molecule has 0 aromatic heterocycles. The zero-order chi connectivity index (χ0) is 18.2. The molecule has 0 bridgehead atoms. The Morgan fingerprint density at radius 2 is 2.00 bits per heavy atom. The highest BCUT2D eigenvalue weighted by Crippen LogP contribution is 2.28. The van der Waals surface area contributed by atoms with Crippen LogP contribution in [0.4, 0.5) is 5.69 Å². The van der Waals surface area contributed by atoms with Gasteiger partial charge in [0.25, 0.3) is 0 Å². The summed E-state index contributed by atoms with van der Waals surface area (Å²) in [4.78, 5) is 34.7. The number of nitrogens with one attached hydrogen (secondary N) is 2. The van der Waals surface area contributed by atoms with Crippen molar-refractivity contribution in [2.24, 2.45) is 5.92 Å². The van der Waals surface area contributed by atoms with E-state index in [1.807, 2.05) is 18.2 Å². The average Bonchev–Trinajstić information content (AvgIpc) is 3.06. The van der Waals surface area contributed by atoms with E-state index in [1.54, 1.807) is 6.07 Å². The monoisotopic (exact) mass is 364 g/mol. The van der Waals surface area contributed by atoms with Crippen molar-refractivity contribution >= 4 is 35.2 Å². The summed E-state index contributed by atoms with van der Waals surface area (Å²) >= 11 is 1.31. The second-order valence-corrected chi connectivity index (χ2v) is 7.28. The van der Waals surface area contributed by atoms with Crippen LogP contribution in [-0.2, 0) is 20.1 Å². The van der Waals surface area contributed by atoms with Crippen molar-refractivity contribution in [3.63, 3.8) is 0 Å². The molecule has 0 spiro atoms. The van der Waals surface area contributed by atoms with Gasteiger partial charge in [0, 0.05) is 18.4 Å². The van der Waals surface area contributed by atoms with Crippen molar-refractivity contribution in [3.8, 4) is 0 Å². The number of amides is 2. The zero-order valence-corrected chi connectivity index (χ0v) is 15.1. The number of aliphatic carboxylic acids is 1. The number of carboxylic acid groups (broad SMARTS) is 1. The number of carbonyl (C=O) groups is 3. The molecule has 25 heavy (non-hydrogen) atoms. The van der Waals surface area contributed by atoms with E-state index in [1.165, 1.54) is 18.7 Å². The maximum Gasteiger partial charge on any atom is 0.313 e. The molecule has 1 aliphatic carbocycles. The minimum absolute atomic E-state index is 0.0445. The molecule has 1 unspecified atom stereocenters. The highest BCUT2D eigenvalue weighted by atomic mass is 32.2. The first kappa shape index (κ1) is 19.3. The topological polar surface area (TPSA) is 95.5 Å². The first-order chi connectivity index (χ1) is 12.0. The summed E-state index contributed by atoms with van der Waals surface area (Å²) < 4.78 is 0. The van der Waals surface area contributed by atoms with Gasteiger partial charge >= 0.3 is 5.97 Å². The number of hydrogen-bond donors (Lipinski definition) is 3. The first-order valence-electron chi connectivity index (χ1n) is 8.42. The van der Waals surface area contributed by atoms with Crippen LogP contribution in [0.1, 0.15) is 38.2 Å². The van der Waals surface area contributed by atoms with Crippen LogP contribution >= 0.6 is 11.8 Å². The van der Waals surface area contributed by atoms with Crippen LogP contribution in [0.3, 0.4) is 0 Å². The van der Waals surface area contributed by atoms with Crippen LogP contribution in [-0.4, -0.2) is 34.7 Å². The van der Waals surface area contributed by atoms with Gasteiger partial charge < -0.3 is 15.7 Å². The Labute approximate surface area is 151 Å². The fourth-order valence-electron chi connectivity index (χ4n) is 3.12. The van der Waals surface area contributed by atoms with Crippen molar-refractivity contribution < 1.29 is 19.5 Å². The summed E-state index contributed by atoms with van der Waals surface area (Å²) in [6.07, 6.45) is 4.07. The highest BCUT2D eigenvalue weighted by Gasteiger charge is 2.31. The molecule has 0 radical (unpaired) electrons. The van der Waals surface area contributed by atoms with E-state index in [-0.39, 0.29) is 23.5 Å². The molecular weight excluding hydrogens is 340 g/mol. The summed E-state index contributed by atoms with van der Waals surface area (Å²) in [7, 11) is 0. The second kappa shape index (κ2) is 9.46. The standard InChI is InChI=1S/C18H24N2O4S/c1-12(21)19-17(14-6-2-3-7-14)18(24)20-15-8-4-5-13(9-15)10-25-11-16(22)23/h4-5,8-9,14,17H,2-3,6-7,10-11H2,1H3,(H,19,21)(H,20,24)(H,22,23). The van der Waals surface area contributed by atoms with Gasteiger partial charge in [-0.2, -0.15) is 0 Å². The average molecular weight is 364 g/mol. The molecule has 3 N–H and O–H groups in total. The van der Waals surface area contributed by atoms with Gasteiger partial charge in [0.1, 0.15) is 6.04 Å². The summed E-state index contributed by atoms with van der Waals surface area (Å²) in [5, 5.41) is 14.4. The maximum atomic E-state index is 12.6. The maximum absolute atomic E-state index is 12.6. The Hall–Kier alpha value is -2.02. The van der Waals surface area contributed by atoms with Gasteiger partial charge in [-0.15, -0.1) is 11.8 Å². The van der Waals surface area contributed by atoms with E-state index in [0.717, 1.165) is 31.2 Å². The quantitative estimate of drug-likeness (QED) is 0.659. The van der Waals surface area contributed by atoms with E-state index in [0.29, 0.717) is 11.4 Å². The molecule has 1 fully saturated rings. The minimum atomic E-state index is -0.843. The lowest BCUT2D eigenvalue weighted by molar-refractivity contribution is -0.134. The van der Waals surface area contributed by atoms with Crippen LogP contribution in [0.25, 0.3) is 0 Å². The molecule has 1 aliphatic rings. The normalized spacial score (nSPS) is 15.6. The van der Waals surface area contributed by atoms with Gasteiger partial charge in [0.15, 0.2) is 0 Å². The van der Waals surface area contributed by atoms with Crippen LogP contribution in [0.2, 0.25) is 0 Å². The van der Waals surface area contributed by atoms with E-state index < -0.39 is 12.0 Å². The molecule has 1 aromatic rings. The van der Waals surface area contributed by atoms with E-state index >= 15 is 0 Å². The van der Waals surface area contributed by atoms with Crippen molar-refractivity contribution in [1.82, 2.24) is 5.32 Å². The molecule has 0 aliphatic heterocycles. The van der Waals surface area contributed by atoms with Crippen molar-refractivity contribution in [2.45, 2.75) is 44.4 Å². The Morgan fingerprint density at radius 1 is 1.28 bits per heavy atom. The molecule has 136 valence electrons. The predicted octanol–water partition coefficient (Wildman–Crippen LogP) is 2.64. The SMILES string of the molecule is CC(=O)NC(C(=O)Nc1cccc(CSCC(=O)O)c1)C1CCCC1. The molecule has 2 amide bonds. The molecule has 0 heterocycles. The van der Waals surface area contributed by atoms with E-state index in [2.05, 4.69) is 10.6 Å². The fourth-order valence-corrected chi connectivity index (χ4v) is 3.81. The number of rotatable bonds is 8. The molecule has 1 saturated carbocycles. The Morgan fingerprint density at radius 3 is 2.64 bits per heavy atom. The second-order valence-electron chi connectivity index (χ2n) is 6.30. The molecular formula is C18H24N2O4S. The molecule has 2 rings (SSSR count). The lowest BCUT2D eigenvalue weighted by atomic mass is 9.97. The smallest absolute Gasteiger partial charge is 0.313 e. The predicted molar refractivity (Wildman–Crippen MR) is 98.4 cm³/mol. The van der Waals surface area contributed by atoms with E-state index in [4.69, 9.17) is 5.11 Å². The van der Waals surface area contributed by atoms with Gasteiger partial charge in [0.2, 0.25) is 11.8 Å². The lowest BCUT2D eigenvalue weighted by Crippen LogP contribution is -2.47. The minimum Gasteiger partial charge on any atom is -0.481 e. The summed E-state index contributed by atoms with van der Waals surface area (Å²) in [6.45, 7) is 1.43.